The zero-order valence-electron chi connectivity index (χ0n) is 56.4. The number of nitrogens with one attached hydrogen (secondary N) is 8. The van der Waals surface area contributed by atoms with E-state index in [1.54, 1.807) is 61.5 Å². The summed E-state index contributed by atoms with van der Waals surface area (Å²) in [4.78, 5) is 69.3. The van der Waals surface area contributed by atoms with Gasteiger partial charge in [-0.15, -0.1) is 0 Å². The topological polar surface area (TPSA) is 607 Å². The third kappa shape index (κ3) is 18.6. The summed E-state index contributed by atoms with van der Waals surface area (Å²) in [5, 5.41) is 184. The van der Waals surface area contributed by atoms with Gasteiger partial charge in [0, 0.05) is 18.2 Å². The lowest BCUT2D eigenvalue weighted by Gasteiger charge is -2.46. The smallest absolute Gasteiger partial charge is 0.358 e. The van der Waals surface area contributed by atoms with E-state index < -0.39 is 227 Å². The van der Waals surface area contributed by atoms with Crippen molar-refractivity contribution in [2.45, 2.75) is 172 Å². The summed E-state index contributed by atoms with van der Waals surface area (Å²) in [5.41, 5.74) is 13.9. The van der Waals surface area contributed by atoms with Crippen LogP contribution in [0.4, 0.5) is 0 Å². The number of nitrogens with zero attached hydrogens (tertiary/aromatic N) is 2. The Morgan fingerprint density at radius 3 is 1.83 bits per heavy atom. The van der Waals surface area contributed by atoms with Gasteiger partial charge in [0.05, 0.1) is 26.4 Å². The summed E-state index contributed by atoms with van der Waals surface area (Å²) >= 11 is 0. The first-order chi connectivity index (χ1) is 50.3. The van der Waals surface area contributed by atoms with Crippen LogP contribution in [0.1, 0.15) is 29.5 Å². The average molecular weight is 1480 g/mol. The number of ether oxygens (including phenoxy) is 7. The Hall–Kier alpha value is -9.04. The minimum Gasteiger partial charge on any atom is -0.858 e. The lowest BCUT2D eigenvalue weighted by molar-refractivity contribution is -0.663. The Morgan fingerprint density at radius 1 is 0.600 bits per heavy atom. The van der Waals surface area contributed by atoms with Crippen LogP contribution in [0.5, 0.6) is 17.2 Å². The van der Waals surface area contributed by atoms with E-state index in [1.165, 1.54) is 24.3 Å². The van der Waals surface area contributed by atoms with Gasteiger partial charge in [-0.1, -0.05) is 79.7 Å². The third-order valence-corrected chi connectivity index (χ3v) is 18.9. The van der Waals surface area contributed by atoms with Gasteiger partial charge in [-0.25, -0.2) is 9.57 Å². The molecular formula is C67H90N12O26+2. The maximum Gasteiger partial charge on any atom is 0.358 e. The fourth-order valence-corrected chi connectivity index (χ4v) is 12.8. The molecule has 6 aliphatic heterocycles. The zero-order chi connectivity index (χ0) is 75.5. The van der Waals surface area contributed by atoms with Crippen LogP contribution in [0.3, 0.4) is 0 Å². The Bertz CT molecular complexity index is 3700. The number of amides is 4. The first-order valence-electron chi connectivity index (χ1n) is 33.7. The Balaban J connectivity index is 0.892. The second kappa shape index (κ2) is 35.4. The molecule has 0 aliphatic carbocycles. The Morgan fingerprint density at radius 2 is 1.18 bits per heavy atom. The summed E-state index contributed by atoms with van der Waals surface area (Å²) in [6.07, 6.45) is -31.5. The molecule has 572 valence electrons. The van der Waals surface area contributed by atoms with E-state index in [9.17, 15) is 86.2 Å². The molecule has 10 rings (SSSR count). The Labute approximate surface area is 598 Å². The van der Waals surface area contributed by atoms with Crippen molar-refractivity contribution in [2.24, 2.45) is 16.5 Å². The highest BCUT2D eigenvalue weighted by atomic mass is 16.7. The molecular weight excluding hydrogens is 1390 g/mol. The number of guanidine groups is 2. The van der Waals surface area contributed by atoms with Gasteiger partial charge < -0.3 is 131 Å². The van der Waals surface area contributed by atoms with Crippen molar-refractivity contribution in [1.29, 1.82) is 0 Å². The number of aliphatic hydroxyl groups is 14. The highest BCUT2D eigenvalue weighted by molar-refractivity contribution is 5.97. The number of nitrogens with two attached hydrogens (primary N) is 2. The molecule has 4 aromatic rings. The number of hydrogen-bond acceptors (Lipinski definition) is 30. The normalized spacial score (nSPS) is 34.0. The molecule has 0 saturated carbocycles. The van der Waals surface area contributed by atoms with E-state index in [-0.39, 0.29) is 36.4 Å². The second-order valence-corrected chi connectivity index (χ2v) is 26.0. The second-order valence-electron chi connectivity index (χ2n) is 26.0. The highest BCUT2D eigenvalue weighted by Crippen LogP contribution is 2.33. The van der Waals surface area contributed by atoms with Crippen molar-refractivity contribution < 1.29 is 143 Å². The van der Waals surface area contributed by atoms with E-state index in [2.05, 4.69) is 46.9 Å². The molecule has 6 heterocycles. The number of rotatable bonds is 22. The fourth-order valence-electron chi connectivity index (χ4n) is 12.8. The van der Waals surface area contributed by atoms with Gasteiger partial charge in [-0.05, 0) is 53.1 Å². The van der Waals surface area contributed by atoms with Crippen LogP contribution in [-0.4, -0.2) is 316 Å². The van der Waals surface area contributed by atoms with E-state index in [4.69, 9.17) is 44.6 Å². The van der Waals surface area contributed by atoms with E-state index in [0.29, 0.717) is 23.7 Å². The van der Waals surface area contributed by atoms with Gasteiger partial charge in [0.15, 0.2) is 18.9 Å². The number of carbonyl (C=O) groups is 4. The first kappa shape index (κ1) is 78.5. The first-order valence-corrected chi connectivity index (χ1v) is 33.7. The van der Waals surface area contributed by atoms with Gasteiger partial charge in [0.25, 0.3) is 0 Å². The SMILES string of the molecule is C[C@H](c1ccccc1)[C@H]1N=C([O-])C[NH+]=C(O)[C@H](CO)NC(=O)[C@@H]([C@H](O)[C@@H]2CNC(N)=[N+]2[C@@H]2O[C@@H](CO)[C@H](O)[C@H](O)[C@@H]2O)NC(=O)[C@H]([C@H](O)[C@@H]2C[NH+]=C(N)N2)NC(=O)[C@@H](Cc2ccc(O[C@@H]3O[C@H](CO)[C@H](O[C@@H]4O[C@@H](COc5ccc(OCc6ccccc6)cc5)[C@H](O)[C@H](O)[C@@H]4O)C(O)[C@H]3O)cc2)NC1=O. The number of carbonyl (C=O) groups excluding carboxylic acids is 4. The van der Waals surface area contributed by atoms with E-state index in [1.807, 2.05) is 30.3 Å². The Kier molecular flexibility index (Phi) is 26.5. The van der Waals surface area contributed by atoms with Gasteiger partial charge in [-0.3, -0.25) is 51.3 Å². The van der Waals surface area contributed by atoms with Crippen LogP contribution in [0.2, 0.25) is 0 Å². The van der Waals surface area contributed by atoms with Crippen molar-refractivity contribution in [3.05, 3.63) is 126 Å². The molecule has 3 saturated heterocycles. The van der Waals surface area contributed by atoms with E-state index >= 15 is 9.59 Å². The molecule has 6 aliphatic rings. The molecule has 4 amide bonds. The van der Waals surface area contributed by atoms with Crippen molar-refractivity contribution in [2.75, 3.05) is 46.1 Å². The van der Waals surface area contributed by atoms with Crippen LogP contribution in [0.25, 0.3) is 0 Å². The maximum atomic E-state index is 15.2. The molecule has 38 heteroatoms. The third-order valence-electron chi connectivity index (χ3n) is 18.9. The predicted octanol–water partition coefficient (Wildman–Crippen LogP) is -14.0. The van der Waals surface area contributed by atoms with Crippen LogP contribution < -0.4 is 72.7 Å². The summed E-state index contributed by atoms with van der Waals surface area (Å²) in [7, 11) is 0. The standard InChI is InChI=1S/C67H88N12O26/c1-29(32-10-6-3-7-11-32)44-60(96)73-36(20-30-12-14-35(15-13-30)101-64-56(93)53(90)57(41(26-82)103-64)105-65-55(92)52(89)50(87)42(104-65)28-100-34-18-16-33(17-19-34)99-27-31-8-4-2-5-9-31)59(95)77-45(47(84)37-21-71-66(68)75-37)62(98)78-46(61(97)74-38(24-80)58(94)70-23-43(83)76-44)48(85)39-22-72-67(69)79(39)63-54(91)51(88)49(86)40(25-81)102-63/h2-19,29,36-42,44-57,63-65,80-82,84-93H,20-28H2,1H3,(H11,68,69,70,71,72,73,74,75,76,77,78,83,94,95,96,97,98)/p+2/t29-,36-,37+,38+,39+,40+,41-,42+,44-,45+,46-,47-,48-,49+,50+,51+,52+,53?,54+,55+,56-,57+,63-,64-,65+/m1/s1. The molecule has 0 spiro atoms. The number of hydrogen-bond donors (Lipinski definition) is 24. The molecule has 105 heavy (non-hydrogen) atoms. The van der Waals surface area contributed by atoms with Crippen LogP contribution in [0, 0.1) is 0 Å². The fraction of sp³-hybridized carbons (Fsp3) is 0.522. The predicted molar refractivity (Wildman–Crippen MR) is 356 cm³/mol. The van der Waals surface area contributed by atoms with Gasteiger partial charge >= 0.3 is 17.8 Å². The maximum absolute atomic E-state index is 15.2. The van der Waals surface area contributed by atoms with Gasteiger partial charge in [0.2, 0.25) is 36.1 Å². The molecule has 0 radical (unpaired) electrons. The molecule has 38 nitrogen and oxygen atoms in total. The van der Waals surface area contributed by atoms with Crippen molar-refractivity contribution in [1.82, 2.24) is 31.9 Å². The molecule has 0 bridgehead atoms. The van der Waals surface area contributed by atoms with Crippen molar-refractivity contribution in [3.63, 3.8) is 0 Å². The van der Waals surface area contributed by atoms with Gasteiger partial charge in [-0.2, -0.15) is 0 Å². The molecule has 3 fully saturated rings. The number of aliphatic imine (C=N–C) groups is 1. The van der Waals surface area contributed by atoms with Gasteiger partial charge in [0.1, 0.15) is 159 Å². The van der Waals surface area contributed by atoms with Crippen LogP contribution >= 0.6 is 0 Å². The highest BCUT2D eigenvalue weighted by Gasteiger charge is 2.55. The summed E-state index contributed by atoms with van der Waals surface area (Å²) < 4.78 is 42.0. The quantitative estimate of drug-likeness (QED) is 0.0325. The average Bonchev–Trinajstić information content (AvgIpc) is 1.56. The minimum absolute atomic E-state index is 0.0690. The summed E-state index contributed by atoms with van der Waals surface area (Å²) in [6.45, 7) is -2.89. The lowest BCUT2D eigenvalue weighted by atomic mass is 9.92. The number of aliphatic hydroxyl groups excluding tert-OH is 14. The minimum atomic E-state index is -2.30. The molecule has 0 aromatic heterocycles. The van der Waals surface area contributed by atoms with E-state index in [0.717, 1.165) is 10.1 Å². The lowest BCUT2D eigenvalue weighted by Crippen LogP contribution is -2.80. The van der Waals surface area contributed by atoms with Crippen molar-refractivity contribution >= 4 is 47.3 Å². The zero-order valence-corrected chi connectivity index (χ0v) is 56.4. The number of benzene rings is 4. The summed E-state index contributed by atoms with van der Waals surface area (Å²) in [5.74, 6) is -7.70. The largest absolute Gasteiger partial charge is 0.858 e. The molecule has 25 atom stereocenters. The van der Waals surface area contributed by atoms with Crippen LogP contribution in [0.15, 0.2) is 114 Å². The monoisotopic (exact) mass is 1480 g/mol. The van der Waals surface area contributed by atoms with Crippen molar-refractivity contribution in [3.8, 4) is 17.2 Å². The molecule has 1 unspecified atom stereocenters. The summed E-state index contributed by atoms with van der Waals surface area (Å²) in [6, 6.07) is 17.1. The molecule has 26 N–H and O–H groups in total. The van der Waals surface area contributed by atoms with Crippen LogP contribution in [-0.2, 0) is 51.2 Å². The molecule has 4 aromatic carbocycles.